The third-order valence-corrected chi connectivity index (χ3v) is 3.39. The number of carbonyl (C=O) groups excluding carboxylic acids is 1. The molecule has 0 fully saturated rings. The van der Waals surface area contributed by atoms with E-state index in [4.69, 9.17) is 5.84 Å². The lowest BCUT2D eigenvalue weighted by atomic mass is 10.1. The van der Waals surface area contributed by atoms with Gasteiger partial charge in [-0.2, -0.15) is 0 Å². The number of hydrogen-bond acceptors (Lipinski definition) is 4. The predicted octanol–water partition coefficient (Wildman–Crippen LogP) is 2.90. The van der Waals surface area contributed by atoms with Gasteiger partial charge in [0, 0.05) is 24.8 Å². The van der Waals surface area contributed by atoms with E-state index >= 15 is 0 Å². The van der Waals surface area contributed by atoms with Gasteiger partial charge in [-0.25, -0.2) is 10.8 Å². The molecule has 3 N–H and O–H groups in total. The topological polar surface area (TPSA) is 71.2 Å². The Kier molecular flexibility index (Phi) is 7.15. The van der Waals surface area contributed by atoms with Crippen molar-refractivity contribution in [2.45, 2.75) is 40.5 Å². The predicted molar refractivity (Wildman–Crippen MR) is 86.9 cm³/mol. The first-order valence-electron chi connectivity index (χ1n) is 7.66. The lowest BCUT2D eigenvalue weighted by molar-refractivity contribution is 0.0741. The van der Waals surface area contributed by atoms with Crippen molar-refractivity contribution in [3.05, 3.63) is 23.9 Å². The lowest BCUT2D eigenvalue weighted by Gasteiger charge is -2.24. The van der Waals surface area contributed by atoms with Crippen LogP contribution in [0.2, 0.25) is 0 Å². The van der Waals surface area contributed by atoms with Crippen molar-refractivity contribution >= 4 is 11.7 Å². The first-order chi connectivity index (χ1) is 9.93. The van der Waals surface area contributed by atoms with Crippen molar-refractivity contribution in [2.75, 3.05) is 18.5 Å². The number of nitrogens with two attached hydrogens (primary N) is 1. The fraction of sp³-hybridized carbons (Fsp3) is 0.625. The summed E-state index contributed by atoms with van der Waals surface area (Å²) in [7, 11) is 0. The van der Waals surface area contributed by atoms with Gasteiger partial charge in [0.05, 0.1) is 0 Å². The second-order valence-corrected chi connectivity index (χ2v) is 6.23. The van der Waals surface area contributed by atoms with Gasteiger partial charge in [0.15, 0.2) is 0 Å². The maximum Gasteiger partial charge on any atom is 0.254 e. The standard InChI is InChI=1S/C16H28N4O/c1-12(2)6-9-20(10-7-13(3)4)16(21)14-5-8-18-15(11-14)19-17/h5,8,11-13H,6-7,9-10,17H2,1-4H3,(H,18,19). The molecule has 0 aliphatic carbocycles. The van der Waals surface area contributed by atoms with Crippen LogP contribution in [0.1, 0.15) is 50.9 Å². The van der Waals surface area contributed by atoms with Crippen LogP contribution in [-0.2, 0) is 0 Å². The van der Waals surface area contributed by atoms with Crippen LogP contribution in [0, 0.1) is 11.8 Å². The zero-order valence-electron chi connectivity index (χ0n) is 13.6. The molecular weight excluding hydrogens is 264 g/mol. The highest BCUT2D eigenvalue weighted by molar-refractivity contribution is 5.94. The molecule has 0 aliphatic rings. The van der Waals surface area contributed by atoms with Crippen molar-refractivity contribution in [1.29, 1.82) is 0 Å². The monoisotopic (exact) mass is 292 g/mol. The molecule has 0 spiro atoms. The fourth-order valence-corrected chi connectivity index (χ4v) is 1.97. The number of nitrogens with zero attached hydrogens (tertiary/aromatic N) is 2. The lowest BCUT2D eigenvalue weighted by Crippen LogP contribution is -2.34. The van der Waals surface area contributed by atoms with Gasteiger partial charge in [-0.15, -0.1) is 0 Å². The van der Waals surface area contributed by atoms with E-state index in [0.717, 1.165) is 25.9 Å². The number of anilines is 1. The van der Waals surface area contributed by atoms with Gasteiger partial charge in [0.2, 0.25) is 0 Å². The van der Waals surface area contributed by atoms with E-state index in [1.165, 1.54) is 0 Å². The molecule has 21 heavy (non-hydrogen) atoms. The third kappa shape index (κ3) is 6.12. The minimum Gasteiger partial charge on any atom is -0.339 e. The first-order valence-corrected chi connectivity index (χ1v) is 7.66. The molecule has 0 radical (unpaired) electrons. The maximum absolute atomic E-state index is 12.7. The second-order valence-electron chi connectivity index (χ2n) is 6.23. The smallest absolute Gasteiger partial charge is 0.254 e. The fourth-order valence-electron chi connectivity index (χ4n) is 1.97. The maximum atomic E-state index is 12.7. The number of nitrogens with one attached hydrogen (secondary N) is 1. The molecule has 1 heterocycles. The van der Waals surface area contributed by atoms with Crippen LogP contribution in [0.25, 0.3) is 0 Å². The van der Waals surface area contributed by atoms with Gasteiger partial charge in [-0.05, 0) is 36.8 Å². The summed E-state index contributed by atoms with van der Waals surface area (Å²) in [4.78, 5) is 18.6. The van der Waals surface area contributed by atoms with Crippen molar-refractivity contribution in [1.82, 2.24) is 9.88 Å². The van der Waals surface area contributed by atoms with E-state index in [1.807, 2.05) is 4.90 Å². The average molecular weight is 292 g/mol. The number of nitrogen functional groups attached to an aromatic ring is 1. The van der Waals surface area contributed by atoms with Crippen LogP contribution >= 0.6 is 0 Å². The average Bonchev–Trinajstić information content (AvgIpc) is 2.46. The number of hydrogen-bond donors (Lipinski definition) is 2. The van der Waals surface area contributed by atoms with E-state index in [2.05, 4.69) is 38.1 Å². The van der Waals surface area contributed by atoms with E-state index in [0.29, 0.717) is 23.2 Å². The molecule has 118 valence electrons. The Balaban J connectivity index is 2.81. The van der Waals surface area contributed by atoms with E-state index in [9.17, 15) is 4.79 Å². The van der Waals surface area contributed by atoms with Gasteiger partial charge >= 0.3 is 0 Å². The number of amides is 1. The molecule has 0 saturated heterocycles. The largest absolute Gasteiger partial charge is 0.339 e. The summed E-state index contributed by atoms with van der Waals surface area (Å²) >= 11 is 0. The van der Waals surface area contributed by atoms with Gasteiger partial charge in [-0.1, -0.05) is 27.7 Å². The van der Waals surface area contributed by atoms with Gasteiger partial charge in [-0.3, -0.25) is 4.79 Å². The summed E-state index contributed by atoms with van der Waals surface area (Å²) in [6.45, 7) is 10.3. The number of hydrazine groups is 1. The van der Waals surface area contributed by atoms with Crippen molar-refractivity contribution in [2.24, 2.45) is 17.7 Å². The first kappa shape index (κ1) is 17.4. The van der Waals surface area contributed by atoms with Crippen LogP contribution in [-0.4, -0.2) is 28.9 Å². The second kappa shape index (κ2) is 8.62. The number of rotatable bonds is 8. The molecule has 0 aliphatic heterocycles. The Morgan fingerprint density at radius 2 is 1.81 bits per heavy atom. The molecule has 0 unspecified atom stereocenters. The highest BCUT2D eigenvalue weighted by Gasteiger charge is 2.17. The summed E-state index contributed by atoms with van der Waals surface area (Å²) in [5.74, 6) is 7.08. The highest BCUT2D eigenvalue weighted by atomic mass is 16.2. The van der Waals surface area contributed by atoms with Crippen molar-refractivity contribution in [3.63, 3.8) is 0 Å². The highest BCUT2D eigenvalue weighted by Crippen LogP contribution is 2.13. The minimum atomic E-state index is 0.0511. The molecule has 0 saturated carbocycles. The zero-order valence-corrected chi connectivity index (χ0v) is 13.6. The molecule has 0 aromatic carbocycles. The Morgan fingerprint density at radius 3 is 2.29 bits per heavy atom. The Bertz CT molecular complexity index is 434. The van der Waals surface area contributed by atoms with E-state index < -0.39 is 0 Å². The molecule has 1 rings (SSSR count). The normalized spacial score (nSPS) is 11.0. The van der Waals surface area contributed by atoms with Crippen LogP contribution in [0.15, 0.2) is 18.3 Å². The van der Waals surface area contributed by atoms with Crippen molar-refractivity contribution in [3.8, 4) is 0 Å². The molecule has 5 heteroatoms. The summed E-state index contributed by atoms with van der Waals surface area (Å²) in [5, 5.41) is 0. The molecule has 0 bridgehead atoms. The van der Waals surface area contributed by atoms with Crippen LogP contribution in [0.3, 0.4) is 0 Å². The summed E-state index contributed by atoms with van der Waals surface area (Å²) in [6, 6.07) is 3.43. The minimum absolute atomic E-state index is 0.0511. The number of carbonyl (C=O) groups is 1. The van der Waals surface area contributed by atoms with Crippen LogP contribution in [0.4, 0.5) is 5.82 Å². The zero-order chi connectivity index (χ0) is 15.8. The summed E-state index contributed by atoms with van der Waals surface area (Å²) in [5.41, 5.74) is 3.11. The van der Waals surface area contributed by atoms with E-state index in [1.54, 1.807) is 18.3 Å². The Morgan fingerprint density at radius 1 is 1.24 bits per heavy atom. The third-order valence-electron chi connectivity index (χ3n) is 3.39. The van der Waals surface area contributed by atoms with Gasteiger partial charge < -0.3 is 10.3 Å². The molecule has 5 nitrogen and oxygen atoms in total. The summed E-state index contributed by atoms with van der Waals surface area (Å²) < 4.78 is 0. The van der Waals surface area contributed by atoms with Crippen molar-refractivity contribution < 1.29 is 4.79 Å². The Hall–Kier alpha value is -1.62. The van der Waals surface area contributed by atoms with E-state index in [-0.39, 0.29) is 5.91 Å². The number of pyridine rings is 1. The number of aromatic nitrogens is 1. The Labute approximate surface area is 127 Å². The molecule has 1 aromatic heterocycles. The molecule has 1 aromatic rings. The van der Waals surface area contributed by atoms with Crippen LogP contribution < -0.4 is 11.3 Å². The molecule has 1 amide bonds. The van der Waals surface area contributed by atoms with Gasteiger partial charge in [0.1, 0.15) is 5.82 Å². The SMILES string of the molecule is CC(C)CCN(CCC(C)C)C(=O)c1ccnc(NN)c1. The quantitative estimate of drug-likeness (QED) is 0.571. The molecule has 0 atom stereocenters. The molecular formula is C16H28N4O. The summed E-state index contributed by atoms with van der Waals surface area (Å²) in [6.07, 6.45) is 3.62. The van der Waals surface area contributed by atoms with Crippen LogP contribution in [0.5, 0.6) is 0 Å². The van der Waals surface area contributed by atoms with Gasteiger partial charge in [0.25, 0.3) is 5.91 Å².